The molecule has 0 unspecified atom stereocenters. The van der Waals surface area contributed by atoms with Crippen LogP contribution in [0.15, 0.2) is 40.4 Å². The molecule has 0 atom stereocenters. The molecule has 7 nitrogen and oxygen atoms in total. The van der Waals surface area contributed by atoms with Gasteiger partial charge in [0.1, 0.15) is 11.6 Å². The minimum atomic E-state index is -1.14. The van der Waals surface area contributed by atoms with Crippen LogP contribution in [0.4, 0.5) is 5.69 Å². The summed E-state index contributed by atoms with van der Waals surface area (Å²) >= 11 is 9.33. The monoisotopic (exact) mass is 478 g/mol. The Labute approximate surface area is 180 Å². The summed E-state index contributed by atoms with van der Waals surface area (Å²) in [6.45, 7) is 1.29. The second kappa shape index (κ2) is 9.96. The summed E-state index contributed by atoms with van der Waals surface area (Å²) in [6.07, 6.45) is 1.37. The highest BCUT2D eigenvalue weighted by Gasteiger charge is 2.15. The van der Waals surface area contributed by atoms with Gasteiger partial charge in [-0.2, -0.15) is 5.26 Å². The molecule has 2 rings (SSSR count). The molecule has 0 fully saturated rings. The maximum atomic E-state index is 12.5. The highest BCUT2D eigenvalue weighted by Crippen LogP contribution is 2.37. The van der Waals surface area contributed by atoms with Crippen LogP contribution in [-0.4, -0.2) is 30.7 Å². The van der Waals surface area contributed by atoms with Crippen molar-refractivity contribution in [2.24, 2.45) is 0 Å². The number of anilines is 1. The van der Waals surface area contributed by atoms with E-state index in [9.17, 15) is 14.9 Å². The molecule has 2 aromatic carbocycles. The van der Waals surface area contributed by atoms with Gasteiger partial charge in [0.2, 0.25) is 0 Å². The number of rotatable bonds is 7. The lowest BCUT2D eigenvalue weighted by Crippen LogP contribution is -2.13. The molecular formula is C20H16BrClN2O5. The van der Waals surface area contributed by atoms with E-state index in [-0.39, 0.29) is 17.1 Å². The van der Waals surface area contributed by atoms with Crippen LogP contribution in [0.25, 0.3) is 6.08 Å². The standard InChI is InChI=1S/C20H16BrClN2O5/c1-11-3-4-14(8-16(11)22)24-20(27)13(9-23)5-12-6-15(21)19(17(7-12)28-2)29-10-18(25)26/h3-8H,10H2,1-2H3,(H,24,27)(H,25,26)/b13-5-. The van der Waals surface area contributed by atoms with Crippen LogP contribution in [0.1, 0.15) is 11.1 Å². The summed E-state index contributed by atoms with van der Waals surface area (Å²) in [4.78, 5) is 23.2. The van der Waals surface area contributed by atoms with E-state index in [4.69, 9.17) is 26.2 Å². The first-order valence-electron chi connectivity index (χ1n) is 8.16. The van der Waals surface area contributed by atoms with E-state index in [2.05, 4.69) is 21.2 Å². The first-order valence-corrected chi connectivity index (χ1v) is 9.33. The topological polar surface area (TPSA) is 109 Å². The second-order valence-electron chi connectivity index (χ2n) is 5.80. The zero-order chi connectivity index (χ0) is 21.6. The number of benzene rings is 2. The number of carbonyl (C=O) groups excluding carboxylic acids is 1. The molecule has 0 aliphatic rings. The third-order valence-corrected chi connectivity index (χ3v) is 4.69. The predicted octanol–water partition coefficient (Wildman–Crippen LogP) is 4.43. The van der Waals surface area contributed by atoms with Crippen molar-refractivity contribution >= 4 is 51.2 Å². The third kappa shape index (κ3) is 5.98. The van der Waals surface area contributed by atoms with Gasteiger partial charge in [-0.25, -0.2) is 4.79 Å². The van der Waals surface area contributed by atoms with Gasteiger partial charge in [-0.1, -0.05) is 17.7 Å². The van der Waals surface area contributed by atoms with Crippen LogP contribution >= 0.6 is 27.5 Å². The fourth-order valence-electron chi connectivity index (χ4n) is 2.28. The molecule has 0 heterocycles. The minimum Gasteiger partial charge on any atom is -0.493 e. The molecule has 0 bridgehead atoms. The van der Waals surface area contributed by atoms with Gasteiger partial charge in [0, 0.05) is 10.7 Å². The Bertz CT molecular complexity index is 1030. The molecule has 0 spiro atoms. The summed E-state index contributed by atoms with van der Waals surface area (Å²) in [7, 11) is 1.39. The molecule has 2 aromatic rings. The van der Waals surface area contributed by atoms with Gasteiger partial charge in [-0.05, 0) is 64.3 Å². The Balaban J connectivity index is 2.30. The summed E-state index contributed by atoms with van der Waals surface area (Å²) in [5.74, 6) is -1.30. The van der Waals surface area contributed by atoms with Gasteiger partial charge >= 0.3 is 5.97 Å². The van der Waals surface area contributed by atoms with Crippen molar-refractivity contribution in [1.82, 2.24) is 0 Å². The molecule has 0 aliphatic heterocycles. The first-order chi connectivity index (χ1) is 13.7. The highest BCUT2D eigenvalue weighted by atomic mass is 79.9. The molecule has 0 aromatic heterocycles. The quantitative estimate of drug-likeness (QED) is 0.449. The largest absolute Gasteiger partial charge is 0.493 e. The fourth-order valence-corrected chi connectivity index (χ4v) is 3.04. The van der Waals surface area contributed by atoms with E-state index < -0.39 is 18.5 Å². The average molecular weight is 480 g/mol. The summed E-state index contributed by atoms with van der Waals surface area (Å²) in [5, 5.41) is 21.3. The lowest BCUT2D eigenvalue weighted by molar-refractivity contribution is -0.139. The highest BCUT2D eigenvalue weighted by molar-refractivity contribution is 9.10. The lowest BCUT2D eigenvalue weighted by Gasteiger charge is -2.12. The minimum absolute atomic E-state index is 0.144. The van der Waals surface area contributed by atoms with Crippen molar-refractivity contribution in [1.29, 1.82) is 5.26 Å². The number of amides is 1. The number of methoxy groups -OCH3 is 1. The number of nitrogens with one attached hydrogen (secondary N) is 1. The molecule has 0 saturated carbocycles. The molecule has 29 heavy (non-hydrogen) atoms. The van der Waals surface area contributed by atoms with Crippen molar-refractivity contribution in [3.05, 3.63) is 56.5 Å². The summed E-state index contributed by atoms with van der Waals surface area (Å²) in [6, 6.07) is 9.99. The van der Waals surface area contributed by atoms with Gasteiger partial charge < -0.3 is 19.9 Å². The van der Waals surface area contributed by atoms with Crippen LogP contribution in [0, 0.1) is 18.3 Å². The van der Waals surface area contributed by atoms with E-state index in [1.54, 1.807) is 24.3 Å². The SMILES string of the molecule is COc1cc(/C=C(/C#N)C(=O)Nc2ccc(C)c(Cl)c2)cc(Br)c1OCC(=O)O. The number of carboxylic acids is 1. The van der Waals surface area contributed by atoms with Gasteiger partial charge in [0.25, 0.3) is 5.91 Å². The molecule has 0 aliphatic carbocycles. The molecule has 150 valence electrons. The van der Waals surface area contributed by atoms with Crippen molar-refractivity contribution in [3.8, 4) is 17.6 Å². The van der Waals surface area contributed by atoms with Crippen LogP contribution in [0.5, 0.6) is 11.5 Å². The molecular weight excluding hydrogens is 464 g/mol. The Morgan fingerprint density at radius 2 is 2.07 bits per heavy atom. The zero-order valence-corrected chi connectivity index (χ0v) is 17.8. The average Bonchev–Trinajstić information content (AvgIpc) is 2.67. The van der Waals surface area contributed by atoms with E-state index in [1.807, 2.05) is 13.0 Å². The number of aliphatic carboxylic acids is 1. The lowest BCUT2D eigenvalue weighted by atomic mass is 10.1. The molecule has 9 heteroatoms. The number of halogens is 2. The van der Waals surface area contributed by atoms with Crippen LogP contribution in [-0.2, 0) is 9.59 Å². The van der Waals surface area contributed by atoms with E-state index in [0.29, 0.717) is 20.7 Å². The van der Waals surface area contributed by atoms with E-state index in [1.165, 1.54) is 19.3 Å². The molecule has 2 N–H and O–H groups in total. The number of nitriles is 1. The smallest absolute Gasteiger partial charge is 0.341 e. The Morgan fingerprint density at radius 1 is 1.34 bits per heavy atom. The Kier molecular flexibility index (Phi) is 7.65. The summed E-state index contributed by atoms with van der Waals surface area (Å²) < 4.78 is 10.8. The number of hydrogen-bond acceptors (Lipinski definition) is 5. The molecule has 0 radical (unpaired) electrons. The van der Waals surface area contributed by atoms with Gasteiger partial charge in [-0.15, -0.1) is 0 Å². The zero-order valence-electron chi connectivity index (χ0n) is 15.5. The molecule has 0 saturated heterocycles. The van der Waals surface area contributed by atoms with Gasteiger partial charge in [0.15, 0.2) is 18.1 Å². The van der Waals surface area contributed by atoms with Crippen LogP contribution in [0.3, 0.4) is 0 Å². The first kappa shape index (κ1) is 22.3. The number of carboxylic acid groups (broad SMARTS) is 1. The van der Waals surface area contributed by atoms with Crippen molar-refractivity contribution in [3.63, 3.8) is 0 Å². The number of aryl methyl sites for hydroxylation is 1. The van der Waals surface area contributed by atoms with Gasteiger partial charge in [-0.3, -0.25) is 4.79 Å². The number of hydrogen-bond donors (Lipinski definition) is 2. The Hall–Kier alpha value is -3.02. The second-order valence-corrected chi connectivity index (χ2v) is 7.07. The van der Waals surface area contributed by atoms with Gasteiger partial charge in [0.05, 0.1) is 11.6 Å². The van der Waals surface area contributed by atoms with Crippen molar-refractivity contribution in [2.45, 2.75) is 6.92 Å². The van der Waals surface area contributed by atoms with E-state index in [0.717, 1.165) is 5.56 Å². The van der Waals surface area contributed by atoms with Crippen LogP contribution in [0.2, 0.25) is 5.02 Å². The van der Waals surface area contributed by atoms with Crippen molar-refractivity contribution in [2.75, 3.05) is 19.0 Å². The maximum absolute atomic E-state index is 12.5. The van der Waals surface area contributed by atoms with E-state index >= 15 is 0 Å². The van der Waals surface area contributed by atoms with Crippen molar-refractivity contribution < 1.29 is 24.2 Å². The Morgan fingerprint density at radius 3 is 2.66 bits per heavy atom. The normalized spacial score (nSPS) is 10.8. The number of nitrogens with zero attached hydrogens (tertiary/aromatic N) is 1. The number of ether oxygens (including phenoxy) is 2. The predicted molar refractivity (Wildman–Crippen MR) is 112 cm³/mol. The fraction of sp³-hybridized carbons (Fsp3) is 0.150. The maximum Gasteiger partial charge on any atom is 0.341 e. The molecule has 1 amide bonds. The number of carbonyl (C=O) groups is 2. The van der Waals surface area contributed by atoms with Crippen LogP contribution < -0.4 is 14.8 Å². The third-order valence-electron chi connectivity index (χ3n) is 3.70. The summed E-state index contributed by atoms with van der Waals surface area (Å²) in [5.41, 5.74) is 1.66.